The van der Waals surface area contributed by atoms with Crippen LogP contribution in [0.25, 0.3) is 0 Å². The van der Waals surface area contributed by atoms with Crippen molar-refractivity contribution in [3.8, 4) is 23.0 Å². The van der Waals surface area contributed by atoms with Gasteiger partial charge in [0, 0.05) is 12.7 Å². The monoisotopic (exact) mass is 555 g/mol. The van der Waals surface area contributed by atoms with E-state index in [2.05, 4.69) is 12.2 Å². The van der Waals surface area contributed by atoms with Gasteiger partial charge in [0.05, 0.1) is 18.1 Å². The second-order valence-corrected chi connectivity index (χ2v) is 11.9. The van der Waals surface area contributed by atoms with Crippen molar-refractivity contribution in [2.75, 3.05) is 19.5 Å². The van der Waals surface area contributed by atoms with Crippen LogP contribution in [0.3, 0.4) is 0 Å². The highest BCUT2D eigenvalue weighted by atomic mass is 32.2. The fourth-order valence-corrected chi connectivity index (χ4v) is 5.34. The summed E-state index contributed by atoms with van der Waals surface area (Å²) in [6.07, 6.45) is 3.57. The topological polar surface area (TPSA) is 108 Å². The van der Waals surface area contributed by atoms with Gasteiger partial charge in [-0.3, -0.25) is 14.9 Å². The van der Waals surface area contributed by atoms with Crippen molar-refractivity contribution in [2.45, 2.75) is 36.3 Å². The smallest absolute Gasteiger partial charge is 0.286 e. The number of rotatable bonds is 12. The van der Waals surface area contributed by atoms with Crippen LogP contribution in [0.1, 0.15) is 36.1 Å². The lowest BCUT2D eigenvalue weighted by atomic mass is 10.1. The molecule has 3 aromatic carbocycles. The Morgan fingerprint density at radius 1 is 0.895 bits per heavy atom. The number of amides is 2. The number of thioether (sulfide) groups is 1. The molecule has 1 fully saturated rings. The third-order valence-corrected chi connectivity index (χ3v) is 7.87. The van der Waals surface area contributed by atoms with E-state index in [0.29, 0.717) is 36.9 Å². The molecule has 1 unspecified atom stereocenters. The first-order chi connectivity index (χ1) is 18.2. The van der Waals surface area contributed by atoms with E-state index in [1.165, 1.54) is 18.4 Å². The van der Waals surface area contributed by atoms with Crippen LogP contribution in [-0.2, 0) is 21.1 Å². The Morgan fingerprint density at radius 2 is 1.63 bits per heavy atom. The second-order valence-electron chi connectivity index (χ2n) is 8.76. The van der Waals surface area contributed by atoms with E-state index >= 15 is 0 Å². The third kappa shape index (κ3) is 7.29. The Labute approximate surface area is 226 Å². The van der Waals surface area contributed by atoms with E-state index in [1.54, 1.807) is 30.3 Å². The number of carbonyl (C=O) groups is 2. The summed E-state index contributed by atoms with van der Waals surface area (Å²) in [5, 5.41) is 1.41. The Hall–Kier alpha value is -3.50. The maximum absolute atomic E-state index is 11.9. The highest BCUT2D eigenvalue weighted by molar-refractivity contribution is 8.15. The summed E-state index contributed by atoms with van der Waals surface area (Å²) in [6, 6.07) is 19.2. The Balaban J connectivity index is 1.29. The summed E-state index contributed by atoms with van der Waals surface area (Å²) in [5.41, 5.74) is 1.75. The molecule has 1 aliphatic heterocycles. The van der Waals surface area contributed by atoms with Crippen molar-refractivity contribution in [1.29, 1.82) is 0 Å². The number of carbonyl (C=O) groups excluding carboxylic acids is 2. The molecular weight excluding hydrogens is 526 g/mol. The van der Waals surface area contributed by atoms with Gasteiger partial charge in [0.15, 0.2) is 9.84 Å². The van der Waals surface area contributed by atoms with E-state index in [9.17, 15) is 18.0 Å². The fourth-order valence-electron chi connectivity index (χ4n) is 3.89. The predicted octanol–water partition coefficient (Wildman–Crippen LogP) is 5.71. The first kappa shape index (κ1) is 27.5. The molecule has 10 heteroatoms. The summed E-state index contributed by atoms with van der Waals surface area (Å²) in [5.74, 6) is 2.30. The molecule has 4 rings (SSSR count). The molecule has 8 nitrogen and oxygen atoms in total. The van der Waals surface area contributed by atoms with Crippen molar-refractivity contribution >= 4 is 32.7 Å². The molecule has 0 aliphatic carbocycles. The van der Waals surface area contributed by atoms with Gasteiger partial charge < -0.3 is 14.2 Å². The summed E-state index contributed by atoms with van der Waals surface area (Å²) >= 11 is 0.967. The van der Waals surface area contributed by atoms with Crippen LogP contribution < -0.4 is 19.5 Å². The van der Waals surface area contributed by atoms with Gasteiger partial charge in [-0.2, -0.15) is 0 Å². The minimum Gasteiger partial charge on any atom is -0.493 e. The average molecular weight is 556 g/mol. The van der Waals surface area contributed by atoms with Crippen LogP contribution in [0.2, 0.25) is 0 Å². The maximum atomic E-state index is 11.9. The van der Waals surface area contributed by atoms with Gasteiger partial charge in [-0.25, -0.2) is 8.42 Å². The molecule has 1 saturated heterocycles. The summed E-state index contributed by atoms with van der Waals surface area (Å²) < 4.78 is 41.1. The summed E-state index contributed by atoms with van der Waals surface area (Å²) in [4.78, 5) is 23.6. The quantitative estimate of drug-likeness (QED) is 0.283. The molecule has 200 valence electrons. The molecule has 1 heterocycles. The molecule has 0 radical (unpaired) electrons. The third-order valence-electron chi connectivity index (χ3n) is 5.70. The highest BCUT2D eigenvalue weighted by Gasteiger charge is 2.33. The first-order valence-electron chi connectivity index (χ1n) is 12.2. The zero-order valence-electron chi connectivity index (χ0n) is 21.1. The fraction of sp³-hybridized carbons (Fsp3) is 0.286. The number of hydrogen-bond donors (Lipinski definition) is 1. The lowest BCUT2D eigenvalue weighted by molar-refractivity contribution is -0.119. The van der Waals surface area contributed by atoms with Crippen molar-refractivity contribution in [3.63, 3.8) is 0 Å². The van der Waals surface area contributed by atoms with Crippen molar-refractivity contribution in [2.24, 2.45) is 0 Å². The van der Waals surface area contributed by atoms with Gasteiger partial charge in [0.2, 0.25) is 5.91 Å². The number of aryl methyl sites for hydroxylation is 1. The zero-order chi connectivity index (χ0) is 27.1. The van der Waals surface area contributed by atoms with E-state index in [1.807, 2.05) is 24.3 Å². The molecule has 2 amide bonds. The molecule has 1 aliphatic rings. The second kappa shape index (κ2) is 12.4. The zero-order valence-corrected chi connectivity index (χ0v) is 22.8. The minimum absolute atomic E-state index is 0.244. The Kier molecular flexibility index (Phi) is 8.96. The van der Waals surface area contributed by atoms with Crippen LogP contribution in [0.5, 0.6) is 23.0 Å². The van der Waals surface area contributed by atoms with Gasteiger partial charge >= 0.3 is 0 Å². The van der Waals surface area contributed by atoms with Gasteiger partial charge in [-0.05, 0) is 83.9 Å². The van der Waals surface area contributed by atoms with Crippen LogP contribution in [0.4, 0.5) is 4.79 Å². The van der Waals surface area contributed by atoms with Gasteiger partial charge in [-0.15, -0.1) is 0 Å². The maximum Gasteiger partial charge on any atom is 0.286 e. The number of hydrogen-bond acceptors (Lipinski definition) is 8. The SMILES string of the molecule is CCCc1cc(Oc2ccc(S(C)(=O)=O)cc2)ccc1OCCCOc1cccc(C2SC(=O)NC2=O)c1. The number of imide groups is 1. The van der Waals surface area contributed by atoms with Gasteiger partial charge in [0.25, 0.3) is 5.24 Å². The summed E-state index contributed by atoms with van der Waals surface area (Å²) in [7, 11) is -3.26. The molecular formula is C28H29NO7S2. The molecule has 1 atom stereocenters. The summed E-state index contributed by atoms with van der Waals surface area (Å²) in [6.45, 7) is 2.98. The Morgan fingerprint density at radius 3 is 2.32 bits per heavy atom. The standard InChI is InChI=1S/C28H29NO7S2/c1-3-6-19-17-23(36-21-9-12-24(13-10-21)38(2,32)33)11-14-25(19)35-16-5-15-34-22-8-4-7-20(18-22)26-27(30)29-28(31)37-26/h4,7-14,17-18,26H,3,5-6,15-16H2,1-2H3,(H,29,30,31). The van der Waals surface area contributed by atoms with E-state index in [4.69, 9.17) is 14.2 Å². The number of nitrogens with one attached hydrogen (secondary N) is 1. The number of benzene rings is 3. The highest BCUT2D eigenvalue weighted by Crippen LogP contribution is 2.35. The Bertz CT molecular complexity index is 1400. The molecule has 0 spiro atoms. The minimum atomic E-state index is -3.26. The van der Waals surface area contributed by atoms with Crippen LogP contribution in [0, 0.1) is 0 Å². The van der Waals surface area contributed by atoms with Crippen molar-refractivity contribution < 1.29 is 32.2 Å². The molecule has 3 aromatic rings. The number of sulfone groups is 1. The normalized spacial score (nSPS) is 15.3. The predicted molar refractivity (Wildman–Crippen MR) is 146 cm³/mol. The van der Waals surface area contributed by atoms with Crippen molar-refractivity contribution in [1.82, 2.24) is 5.32 Å². The number of ether oxygens (including phenoxy) is 3. The van der Waals surface area contributed by atoms with Crippen LogP contribution >= 0.6 is 11.8 Å². The average Bonchev–Trinajstić information content (AvgIpc) is 3.23. The molecule has 1 N–H and O–H groups in total. The molecule has 0 saturated carbocycles. The van der Waals surface area contributed by atoms with E-state index < -0.39 is 15.1 Å². The van der Waals surface area contributed by atoms with E-state index in [0.717, 1.165) is 41.5 Å². The largest absolute Gasteiger partial charge is 0.493 e. The van der Waals surface area contributed by atoms with Gasteiger partial charge in [0.1, 0.15) is 28.2 Å². The lowest BCUT2D eigenvalue weighted by Crippen LogP contribution is -2.20. The van der Waals surface area contributed by atoms with Crippen LogP contribution in [-0.4, -0.2) is 39.0 Å². The van der Waals surface area contributed by atoms with Gasteiger partial charge in [-0.1, -0.05) is 25.5 Å². The van der Waals surface area contributed by atoms with Crippen LogP contribution in [0.15, 0.2) is 71.6 Å². The molecule has 0 aromatic heterocycles. The lowest BCUT2D eigenvalue weighted by Gasteiger charge is -2.14. The molecule has 38 heavy (non-hydrogen) atoms. The molecule has 0 bridgehead atoms. The van der Waals surface area contributed by atoms with E-state index in [-0.39, 0.29) is 16.0 Å². The first-order valence-corrected chi connectivity index (χ1v) is 15.0. The van der Waals surface area contributed by atoms with Crippen molar-refractivity contribution in [3.05, 3.63) is 77.9 Å².